The van der Waals surface area contributed by atoms with Crippen molar-refractivity contribution in [2.24, 2.45) is 0 Å². The van der Waals surface area contributed by atoms with E-state index in [4.69, 9.17) is 4.74 Å². The van der Waals surface area contributed by atoms with Gasteiger partial charge in [-0.25, -0.2) is 4.79 Å². The Kier molecular flexibility index (Phi) is 7.02. The van der Waals surface area contributed by atoms with E-state index in [2.05, 4.69) is 32.6 Å². The minimum Gasteiger partial charge on any atom is -0.497 e. The van der Waals surface area contributed by atoms with E-state index in [1.165, 1.54) is 5.69 Å². The molecule has 2 aliphatic heterocycles. The maximum absolute atomic E-state index is 13.0. The van der Waals surface area contributed by atoms with Crippen LogP contribution in [0.1, 0.15) is 12.5 Å². The van der Waals surface area contributed by atoms with Crippen LogP contribution in [0.5, 0.6) is 5.75 Å². The highest BCUT2D eigenvalue weighted by molar-refractivity contribution is 6.09. The summed E-state index contributed by atoms with van der Waals surface area (Å²) in [6, 6.07) is 16.7. The topological polar surface area (TPSA) is 94.2 Å². The average molecular weight is 466 g/mol. The summed E-state index contributed by atoms with van der Waals surface area (Å²) in [5.41, 5.74) is 0.636. The highest BCUT2D eigenvalue weighted by Crippen LogP contribution is 2.29. The molecule has 2 aromatic carbocycles. The van der Waals surface area contributed by atoms with Crippen molar-refractivity contribution in [1.29, 1.82) is 0 Å². The SMILES string of the molecule is COc1ccc(C2(C)NC(=O)N(CC(=O)NCCN3CCN(c4ccccc4)CC3)C2=O)cc1. The summed E-state index contributed by atoms with van der Waals surface area (Å²) >= 11 is 0. The van der Waals surface area contributed by atoms with Crippen LogP contribution in [-0.4, -0.2) is 80.6 Å². The van der Waals surface area contributed by atoms with Crippen molar-refractivity contribution in [2.45, 2.75) is 12.5 Å². The van der Waals surface area contributed by atoms with E-state index in [1.54, 1.807) is 38.3 Å². The van der Waals surface area contributed by atoms with Crippen molar-refractivity contribution >= 4 is 23.5 Å². The van der Waals surface area contributed by atoms with Crippen LogP contribution in [0.2, 0.25) is 0 Å². The van der Waals surface area contributed by atoms with Gasteiger partial charge in [-0.3, -0.25) is 19.4 Å². The number of para-hydroxylation sites is 1. The lowest BCUT2D eigenvalue weighted by atomic mass is 9.92. The fourth-order valence-corrected chi connectivity index (χ4v) is 4.38. The molecule has 180 valence electrons. The zero-order valence-electron chi connectivity index (χ0n) is 19.6. The third-order valence-electron chi connectivity index (χ3n) is 6.49. The Morgan fingerprint density at radius 2 is 1.71 bits per heavy atom. The van der Waals surface area contributed by atoms with Crippen LogP contribution >= 0.6 is 0 Å². The standard InChI is InChI=1S/C25H31N5O4/c1-25(19-8-10-21(34-2)11-9-19)23(32)30(24(33)27-25)18-22(31)26-12-13-28-14-16-29(17-15-28)20-6-4-3-5-7-20/h3-11H,12-18H2,1-2H3,(H,26,31)(H,27,33). The van der Waals surface area contributed by atoms with E-state index in [1.807, 2.05) is 18.2 Å². The summed E-state index contributed by atoms with van der Waals surface area (Å²) in [7, 11) is 1.56. The summed E-state index contributed by atoms with van der Waals surface area (Å²) in [5, 5.41) is 5.56. The fourth-order valence-electron chi connectivity index (χ4n) is 4.38. The first-order valence-corrected chi connectivity index (χ1v) is 11.5. The molecular formula is C25H31N5O4. The molecule has 2 aromatic rings. The molecule has 2 aliphatic rings. The van der Waals surface area contributed by atoms with Crippen molar-refractivity contribution in [1.82, 2.24) is 20.4 Å². The molecule has 2 fully saturated rings. The number of hydrogen-bond donors (Lipinski definition) is 2. The van der Waals surface area contributed by atoms with Crippen molar-refractivity contribution in [2.75, 3.05) is 57.8 Å². The zero-order valence-corrected chi connectivity index (χ0v) is 19.6. The minimum absolute atomic E-state index is 0.307. The summed E-state index contributed by atoms with van der Waals surface area (Å²) < 4.78 is 5.15. The Morgan fingerprint density at radius 1 is 1.03 bits per heavy atom. The maximum Gasteiger partial charge on any atom is 0.325 e. The summed E-state index contributed by atoms with van der Waals surface area (Å²) in [4.78, 5) is 43.6. The number of piperazine rings is 1. The number of amides is 4. The normalized spacial score (nSPS) is 20.9. The van der Waals surface area contributed by atoms with Gasteiger partial charge in [0.15, 0.2) is 0 Å². The lowest BCUT2D eigenvalue weighted by Crippen LogP contribution is -2.49. The molecule has 34 heavy (non-hydrogen) atoms. The summed E-state index contributed by atoms with van der Waals surface area (Å²) in [6.07, 6.45) is 0. The Labute approximate surface area is 199 Å². The van der Waals surface area contributed by atoms with Crippen LogP contribution in [0.15, 0.2) is 54.6 Å². The first-order valence-electron chi connectivity index (χ1n) is 11.5. The zero-order chi connectivity index (χ0) is 24.1. The van der Waals surface area contributed by atoms with Crippen LogP contribution in [0.25, 0.3) is 0 Å². The number of anilines is 1. The summed E-state index contributed by atoms with van der Waals surface area (Å²) in [6.45, 7) is 6.21. The quantitative estimate of drug-likeness (QED) is 0.573. The van der Waals surface area contributed by atoms with Gasteiger partial charge in [-0.05, 0) is 36.8 Å². The molecular weight excluding hydrogens is 434 g/mol. The van der Waals surface area contributed by atoms with Gasteiger partial charge in [0.05, 0.1) is 7.11 Å². The number of methoxy groups -OCH3 is 1. The van der Waals surface area contributed by atoms with E-state index in [-0.39, 0.29) is 12.5 Å². The molecule has 2 saturated heterocycles. The molecule has 0 aromatic heterocycles. The lowest BCUT2D eigenvalue weighted by molar-refractivity contribution is -0.134. The Bertz CT molecular complexity index is 1020. The van der Waals surface area contributed by atoms with Crippen molar-refractivity contribution in [3.8, 4) is 5.75 Å². The van der Waals surface area contributed by atoms with Crippen molar-refractivity contribution in [3.05, 3.63) is 60.2 Å². The van der Waals surface area contributed by atoms with Gasteiger partial charge in [0.25, 0.3) is 5.91 Å². The van der Waals surface area contributed by atoms with Crippen molar-refractivity contribution < 1.29 is 19.1 Å². The van der Waals surface area contributed by atoms with Crippen LogP contribution < -0.4 is 20.3 Å². The maximum atomic E-state index is 13.0. The van der Waals surface area contributed by atoms with Gasteiger partial charge in [0.1, 0.15) is 17.8 Å². The number of urea groups is 1. The van der Waals surface area contributed by atoms with Gasteiger partial charge in [-0.1, -0.05) is 30.3 Å². The van der Waals surface area contributed by atoms with Crippen LogP contribution in [-0.2, 0) is 15.1 Å². The van der Waals surface area contributed by atoms with Gasteiger partial charge < -0.3 is 20.3 Å². The molecule has 2 heterocycles. The molecule has 0 bridgehead atoms. The molecule has 2 N–H and O–H groups in total. The second-order valence-corrected chi connectivity index (χ2v) is 8.69. The molecule has 1 unspecified atom stereocenters. The Morgan fingerprint density at radius 3 is 2.35 bits per heavy atom. The van der Waals surface area contributed by atoms with Crippen LogP contribution in [0, 0.1) is 0 Å². The van der Waals surface area contributed by atoms with Crippen molar-refractivity contribution in [3.63, 3.8) is 0 Å². The van der Waals surface area contributed by atoms with E-state index < -0.39 is 17.5 Å². The van der Waals surface area contributed by atoms with Gasteiger partial charge in [0.2, 0.25) is 5.91 Å². The Hall–Kier alpha value is -3.59. The first-order chi connectivity index (χ1) is 16.4. The van der Waals surface area contributed by atoms with Crippen LogP contribution in [0.3, 0.4) is 0 Å². The lowest BCUT2D eigenvalue weighted by Gasteiger charge is -2.36. The van der Waals surface area contributed by atoms with Gasteiger partial charge in [0, 0.05) is 45.0 Å². The van der Waals surface area contributed by atoms with E-state index in [9.17, 15) is 14.4 Å². The predicted molar refractivity (Wildman–Crippen MR) is 129 cm³/mol. The molecule has 0 saturated carbocycles. The Balaban J connectivity index is 1.23. The van der Waals surface area contributed by atoms with Gasteiger partial charge in [-0.15, -0.1) is 0 Å². The van der Waals surface area contributed by atoms with Gasteiger partial charge in [-0.2, -0.15) is 0 Å². The smallest absolute Gasteiger partial charge is 0.325 e. The summed E-state index contributed by atoms with van der Waals surface area (Å²) in [5.74, 6) is -0.151. The number of benzene rings is 2. The number of ether oxygens (including phenoxy) is 1. The molecule has 0 spiro atoms. The molecule has 4 rings (SSSR count). The third kappa shape index (κ3) is 4.99. The number of rotatable bonds is 8. The number of hydrogen-bond acceptors (Lipinski definition) is 6. The number of carbonyl (C=O) groups is 3. The molecule has 0 aliphatic carbocycles. The molecule has 4 amide bonds. The molecule has 0 radical (unpaired) electrons. The number of nitrogens with zero attached hydrogens (tertiary/aromatic N) is 3. The second kappa shape index (κ2) is 10.1. The van der Waals surface area contributed by atoms with E-state index in [0.717, 1.165) is 37.6 Å². The first kappa shape index (κ1) is 23.6. The average Bonchev–Trinajstić information content (AvgIpc) is 3.08. The molecule has 9 nitrogen and oxygen atoms in total. The highest BCUT2D eigenvalue weighted by atomic mass is 16.5. The third-order valence-corrected chi connectivity index (χ3v) is 6.49. The van der Waals surface area contributed by atoms with Gasteiger partial charge >= 0.3 is 6.03 Å². The second-order valence-electron chi connectivity index (χ2n) is 8.69. The predicted octanol–water partition coefficient (Wildman–Crippen LogP) is 1.40. The largest absolute Gasteiger partial charge is 0.497 e. The minimum atomic E-state index is -1.22. The fraction of sp³-hybridized carbons (Fsp3) is 0.400. The number of carbonyl (C=O) groups excluding carboxylic acids is 3. The number of nitrogens with one attached hydrogen (secondary N) is 2. The monoisotopic (exact) mass is 465 g/mol. The number of imide groups is 1. The highest BCUT2D eigenvalue weighted by Gasteiger charge is 2.49. The van der Waals surface area contributed by atoms with E-state index >= 15 is 0 Å². The van der Waals surface area contributed by atoms with Crippen LogP contribution in [0.4, 0.5) is 10.5 Å². The molecule has 1 atom stereocenters. The molecule has 9 heteroatoms. The van der Waals surface area contributed by atoms with E-state index in [0.29, 0.717) is 17.9 Å².